The van der Waals surface area contributed by atoms with Crippen molar-refractivity contribution in [1.82, 2.24) is 5.32 Å². The summed E-state index contributed by atoms with van der Waals surface area (Å²) in [6, 6.07) is 19.0. The molecule has 8 heteroatoms. The Morgan fingerprint density at radius 3 is 2.26 bits per heavy atom. The highest BCUT2D eigenvalue weighted by atomic mass is 16.5. The number of para-hydroxylation sites is 1. The van der Waals surface area contributed by atoms with E-state index in [1.165, 1.54) is 26.4 Å². The first-order valence-corrected chi connectivity index (χ1v) is 10.5. The highest BCUT2D eigenvalue weighted by Crippen LogP contribution is 2.27. The van der Waals surface area contributed by atoms with Crippen molar-refractivity contribution in [2.24, 2.45) is 0 Å². The van der Waals surface area contributed by atoms with Crippen LogP contribution >= 0.6 is 0 Å². The van der Waals surface area contributed by atoms with Crippen molar-refractivity contribution in [3.05, 3.63) is 89.0 Å². The molecule has 0 radical (unpaired) electrons. The van der Waals surface area contributed by atoms with Crippen LogP contribution in [0.5, 0.6) is 11.5 Å². The van der Waals surface area contributed by atoms with Gasteiger partial charge in [-0.15, -0.1) is 0 Å². The van der Waals surface area contributed by atoms with Crippen LogP contribution in [-0.4, -0.2) is 38.6 Å². The third kappa shape index (κ3) is 6.35. The number of hydrogen-bond acceptors (Lipinski definition) is 6. The molecular formula is C26H26N2O6. The fraction of sp³-hybridized carbons (Fsp3) is 0.192. The zero-order valence-electron chi connectivity index (χ0n) is 19.2. The van der Waals surface area contributed by atoms with Crippen LogP contribution in [-0.2, 0) is 16.1 Å². The number of nitrogens with one attached hydrogen (secondary N) is 2. The van der Waals surface area contributed by atoms with E-state index < -0.39 is 18.5 Å². The number of hydrogen-bond donors (Lipinski definition) is 2. The van der Waals surface area contributed by atoms with Gasteiger partial charge in [0.2, 0.25) is 0 Å². The van der Waals surface area contributed by atoms with E-state index in [2.05, 4.69) is 10.6 Å². The zero-order valence-corrected chi connectivity index (χ0v) is 19.2. The van der Waals surface area contributed by atoms with Gasteiger partial charge in [0.15, 0.2) is 18.1 Å². The largest absolute Gasteiger partial charge is 0.493 e. The van der Waals surface area contributed by atoms with Crippen molar-refractivity contribution in [2.45, 2.75) is 13.5 Å². The van der Waals surface area contributed by atoms with E-state index in [0.29, 0.717) is 29.3 Å². The molecule has 0 saturated heterocycles. The Hall–Kier alpha value is -4.33. The second-order valence-electron chi connectivity index (χ2n) is 7.41. The smallest absolute Gasteiger partial charge is 0.338 e. The molecule has 8 nitrogen and oxygen atoms in total. The summed E-state index contributed by atoms with van der Waals surface area (Å²) in [6.45, 7) is 1.82. The number of methoxy groups -OCH3 is 2. The Labute approximate surface area is 197 Å². The zero-order chi connectivity index (χ0) is 24.5. The maximum absolute atomic E-state index is 12.7. The van der Waals surface area contributed by atoms with Gasteiger partial charge in [0.05, 0.1) is 31.0 Å². The number of anilines is 1. The van der Waals surface area contributed by atoms with E-state index in [9.17, 15) is 14.4 Å². The monoisotopic (exact) mass is 462 g/mol. The number of rotatable bonds is 9. The minimum atomic E-state index is -0.694. The number of benzene rings is 3. The average Bonchev–Trinajstić information content (AvgIpc) is 2.86. The van der Waals surface area contributed by atoms with Crippen molar-refractivity contribution in [1.29, 1.82) is 0 Å². The van der Waals surface area contributed by atoms with Crippen LogP contribution in [0.2, 0.25) is 0 Å². The predicted octanol–water partition coefficient (Wildman–Crippen LogP) is 3.74. The number of aryl methyl sites for hydroxylation is 1. The van der Waals surface area contributed by atoms with Gasteiger partial charge in [-0.3, -0.25) is 9.59 Å². The van der Waals surface area contributed by atoms with Crippen LogP contribution in [0.4, 0.5) is 5.69 Å². The number of carbonyl (C=O) groups excluding carboxylic acids is 3. The van der Waals surface area contributed by atoms with E-state index in [1.807, 2.05) is 31.2 Å². The highest BCUT2D eigenvalue weighted by Gasteiger charge is 2.16. The summed E-state index contributed by atoms with van der Waals surface area (Å²) in [7, 11) is 2.94. The lowest BCUT2D eigenvalue weighted by Crippen LogP contribution is -2.26. The maximum atomic E-state index is 12.7. The third-order valence-electron chi connectivity index (χ3n) is 4.97. The van der Waals surface area contributed by atoms with Gasteiger partial charge in [0, 0.05) is 6.54 Å². The average molecular weight is 463 g/mol. The molecule has 0 aromatic heterocycles. The van der Waals surface area contributed by atoms with Crippen molar-refractivity contribution < 1.29 is 28.6 Å². The Morgan fingerprint density at radius 1 is 0.853 bits per heavy atom. The van der Waals surface area contributed by atoms with E-state index in [1.54, 1.807) is 30.3 Å². The first kappa shape index (κ1) is 24.3. The predicted molar refractivity (Wildman–Crippen MR) is 127 cm³/mol. The normalized spacial score (nSPS) is 10.2. The van der Waals surface area contributed by atoms with Crippen LogP contribution in [0.25, 0.3) is 0 Å². The minimum Gasteiger partial charge on any atom is -0.493 e. The van der Waals surface area contributed by atoms with Gasteiger partial charge in [0.25, 0.3) is 11.8 Å². The molecule has 176 valence electrons. The molecule has 3 rings (SSSR count). The fourth-order valence-corrected chi connectivity index (χ4v) is 3.14. The summed E-state index contributed by atoms with van der Waals surface area (Å²) in [5.74, 6) is -0.771. The van der Waals surface area contributed by atoms with Crippen LogP contribution in [0.1, 0.15) is 31.8 Å². The lowest BCUT2D eigenvalue weighted by atomic mass is 10.1. The number of esters is 1. The molecule has 0 aliphatic rings. The second-order valence-corrected chi connectivity index (χ2v) is 7.41. The van der Waals surface area contributed by atoms with E-state index in [-0.39, 0.29) is 11.5 Å². The molecule has 3 aromatic rings. The summed E-state index contributed by atoms with van der Waals surface area (Å²) in [6.07, 6.45) is 0. The molecule has 2 N–H and O–H groups in total. The quantitative estimate of drug-likeness (QED) is 0.470. The molecular weight excluding hydrogens is 436 g/mol. The van der Waals surface area contributed by atoms with E-state index >= 15 is 0 Å². The molecule has 0 unspecified atom stereocenters. The molecule has 0 spiro atoms. The van der Waals surface area contributed by atoms with Gasteiger partial charge in [-0.1, -0.05) is 42.0 Å². The minimum absolute atomic E-state index is 0.210. The Morgan fingerprint density at radius 2 is 1.56 bits per heavy atom. The molecule has 0 aliphatic heterocycles. The highest BCUT2D eigenvalue weighted by molar-refractivity contribution is 6.04. The molecule has 0 fully saturated rings. The Balaban J connectivity index is 1.58. The number of carbonyl (C=O) groups is 3. The van der Waals surface area contributed by atoms with Crippen LogP contribution in [0.15, 0.2) is 66.7 Å². The van der Waals surface area contributed by atoms with Gasteiger partial charge in [-0.25, -0.2) is 4.79 Å². The summed E-state index contributed by atoms with van der Waals surface area (Å²) in [5.41, 5.74) is 2.92. The van der Waals surface area contributed by atoms with Crippen LogP contribution in [0.3, 0.4) is 0 Å². The van der Waals surface area contributed by atoms with E-state index in [0.717, 1.165) is 11.1 Å². The van der Waals surface area contributed by atoms with Crippen molar-refractivity contribution in [2.75, 3.05) is 26.1 Å². The third-order valence-corrected chi connectivity index (χ3v) is 4.97. The number of amides is 2. The van der Waals surface area contributed by atoms with Gasteiger partial charge in [-0.2, -0.15) is 0 Å². The summed E-state index contributed by atoms with van der Waals surface area (Å²) in [4.78, 5) is 37.4. The summed E-state index contributed by atoms with van der Waals surface area (Å²) in [5, 5.41) is 5.47. The van der Waals surface area contributed by atoms with Gasteiger partial charge in [-0.05, 0) is 42.8 Å². The molecule has 0 aliphatic carbocycles. The van der Waals surface area contributed by atoms with Gasteiger partial charge >= 0.3 is 5.97 Å². The van der Waals surface area contributed by atoms with Gasteiger partial charge < -0.3 is 24.8 Å². The number of ether oxygens (including phenoxy) is 3. The molecule has 3 aromatic carbocycles. The van der Waals surface area contributed by atoms with E-state index in [4.69, 9.17) is 14.2 Å². The fourth-order valence-electron chi connectivity index (χ4n) is 3.14. The first-order chi connectivity index (χ1) is 16.4. The SMILES string of the molecule is COc1ccc(C(=O)OCC(=O)Nc2ccccc2C(=O)NCc2ccc(C)cc2)cc1OC. The van der Waals surface area contributed by atoms with Gasteiger partial charge in [0.1, 0.15) is 0 Å². The lowest BCUT2D eigenvalue weighted by Gasteiger charge is -2.12. The Kier molecular flexibility index (Phi) is 8.23. The molecule has 0 bridgehead atoms. The maximum Gasteiger partial charge on any atom is 0.338 e. The molecule has 2 amide bonds. The molecule has 0 atom stereocenters. The Bertz CT molecular complexity index is 1170. The summed E-state index contributed by atoms with van der Waals surface area (Å²) >= 11 is 0. The molecule has 0 heterocycles. The van der Waals surface area contributed by atoms with Crippen molar-refractivity contribution in [3.63, 3.8) is 0 Å². The summed E-state index contributed by atoms with van der Waals surface area (Å²) < 4.78 is 15.4. The first-order valence-electron chi connectivity index (χ1n) is 10.5. The second kappa shape index (κ2) is 11.5. The molecule has 0 saturated carbocycles. The molecule has 34 heavy (non-hydrogen) atoms. The van der Waals surface area contributed by atoms with Crippen LogP contribution in [0, 0.1) is 6.92 Å². The topological polar surface area (TPSA) is 103 Å². The standard InChI is InChI=1S/C26H26N2O6/c1-17-8-10-18(11-9-17)15-27-25(30)20-6-4-5-7-21(20)28-24(29)16-34-26(31)19-12-13-22(32-2)23(14-19)33-3/h4-14H,15-16H2,1-3H3,(H,27,30)(H,28,29). The lowest BCUT2D eigenvalue weighted by molar-refractivity contribution is -0.119. The van der Waals surface area contributed by atoms with Crippen molar-refractivity contribution >= 4 is 23.5 Å². The van der Waals surface area contributed by atoms with Crippen molar-refractivity contribution in [3.8, 4) is 11.5 Å². The van der Waals surface area contributed by atoms with Crippen LogP contribution < -0.4 is 20.1 Å².